The average molecular weight is 385 g/mol. The first-order valence-electron chi connectivity index (χ1n) is 8.55. The largest absolute Gasteiger partial charge is 0.354 e. The Labute approximate surface area is 157 Å². The molecule has 1 aliphatic rings. The normalized spacial score (nSPS) is 15.8. The van der Waals surface area contributed by atoms with Gasteiger partial charge in [0.1, 0.15) is 24.8 Å². The Kier molecular flexibility index (Phi) is 4.82. The Balaban J connectivity index is 1.42. The Bertz CT molecular complexity index is 985. The molecule has 0 spiro atoms. The summed E-state index contributed by atoms with van der Waals surface area (Å²) in [5, 5.41) is 4.07. The van der Waals surface area contributed by atoms with Crippen molar-refractivity contribution in [2.45, 2.75) is 5.75 Å². The lowest BCUT2D eigenvalue weighted by atomic mass is 10.2. The van der Waals surface area contributed by atoms with E-state index < -0.39 is 10.0 Å². The molecular formula is C17H19N7O2S. The van der Waals surface area contributed by atoms with Crippen LogP contribution in [0, 0.1) is 0 Å². The van der Waals surface area contributed by atoms with Crippen LogP contribution < -0.4 is 4.90 Å². The maximum atomic E-state index is 12.7. The minimum atomic E-state index is -3.33. The van der Waals surface area contributed by atoms with E-state index >= 15 is 0 Å². The van der Waals surface area contributed by atoms with E-state index in [1.54, 1.807) is 15.3 Å². The molecule has 0 aliphatic carbocycles. The molecule has 1 saturated heterocycles. The van der Waals surface area contributed by atoms with Gasteiger partial charge < -0.3 is 4.90 Å². The minimum Gasteiger partial charge on any atom is -0.354 e. The highest BCUT2D eigenvalue weighted by molar-refractivity contribution is 7.88. The second kappa shape index (κ2) is 7.41. The van der Waals surface area contributed by atoms with Crippen molar-refractivity contribution < 1.29 is 8.42 Å². The fourth-order valence-corrected chi connectivity index (χ4v) is 4.55. The van der Waals surface area contributed by atoms with E-state index in [4.69, 9.17) is 0 Å². The van der Waals surface area contributed by atoms with Gasteiger partial charge in [0.05, 0.1) is 5.75 Å². The number of hydrogen-bond acceptors (Lipinski definition) is 7. The van der Waals surface area contributed by atoms with Gasteiger partial charge in [-0.1, -0.05) is 30.3 Å². The van der Waals surface area contributed by atoms with Crippen LogP contribution in [-0.4, -0.2) is 63.6 Å². The molecule has 0 atom stereocenters. The Morgan fingerprint density at radius 1 is 0.926 bits per heavy atom. The van der Waals surface area contributed by atoms with Crippen molar-refractivity contribution >= 4 is 15.8 Å². The Morgan fingerprint density at radius 2 is 1.67 bits per heavy atom. The first-order valence-corrected chi connectivity index (χ1v) is 10.2. The van der Waals surface area contributed by atoms with Crippen molar-refractivity contribution in [3.05, 3.63) is 60.9 Å². The van der Waals surface area contributed by atoms with E-state index in [0.717, 1.165) is 11.4 Å². The molecular weight excluding hydrogens is 366 g/mol. The van der Waals surface area contributed by atoms with Gasteiger partial charge in [-0.25, -0.2) is 28.1 Å². The third-order valence-corrected chi connectivity index (χ3v) is 6.29. The predicted molar refractivity (Wildman–Crippen MR) is 99.8 cm³/mol. The van der Waals surface area contributed by atoms with Gasteiger partial charge in [0, 0.05) is 32.2 Å². The van der Waals surface area contributed by atoms with E-state index in [2.05, 4.69) is 25.0 Å². The van der Waals surface area contributed by atoms with Gasteiger partial charge in [-0.15, -0.1) is 0 Å². The second-order valence-electron chi connectivity index (χ2n) is 6.20. The van der Waals surface area contributed by atoms with Crippen LogP contribution in [0.2, 0.25) is 0 Å². The molecule has 27 heavy (non-hydrogen) atoms. The number of sulfonamides is 1. The van der Waals surface area contributed by atoms with E-state index in [9.17, 15) is 8.42 Å². The number of anilines is 1. The standard InChI is InChI=1S/C17H19N7O2S/c25-27(26,11-15-4-2-1-3-5-15)23-8-6-22(7-9-23)16-10-17(20-13-19-16)24-14-18-12-21-24/h1-5,10,12-14H,6-9,11H2. The van der Waals surface area contributed by atoms with Crippen molar-refractivity contribution in [2.75, 3.05) is 31.1 Å². The number of rotatable bonds is 5. The molecule has 2 aromatic heterocycles. The van der Waals surface area contributed by atoms with Gasteiger partial charge in [0.25, 0.3) is 0 Å². The van der Waals surface area contributed by atoms with Gasteiger partial charge in [-0.05, 0) is 5.56 Å². The van der Waals surface area contributed by atoms with E-state index in [1.165, 1.54) is 12.7 Å². The van der Waals surface area contributed by atoms with Crippen LogP contribution in [-0.2, 0) is 15.8 Å². The number of nitrogens with zero attached hydrogens (tertiary/aromatic N) is 7. The fourth-order valence-electron chi connectivity index (χ4n) is 3.03. The highest BCUT2D eigenvalue weighted by Crippen LogP contribution is 2.18. The second-order valence-corrected chi connectivity index (χ2v) is 8.17. The van der Waals surface area contributed by atoms with Crippen molar-refractivity contribution in [3.8, 4) is 5.82 Å². The van der Waals surface area contributed by atoms with Crippen LogP contribution in [0.15, 0.2) is 55.4 Å². The number of hydrogen-bond donors (Lipinski definition) is 0. The summed E-state index contributed by atoms with van der Waals surface area (Å²) in [6.45, 7) is 2.00. The quantitative estimate of drug-likeness (QED) is 0.638. The summed E-state index contributed by atoms with van der Waals surface area (Å²) >= 11 is 0. The van der Waals surface area contributed by atoms with Gasteiger partial charge in [-0.2, -0.15) is 9.40 Å². The summed E-state index contributed by atoms with van der Waals surface area (Å²) in [5.41, 5.74) is 0.799. The minimum absolute atomic E-state index is 0.0256. The first kappa shape index (κ1) is 17.6. The van der Waals surface area contributed by atoms with E-state index in [1.807, 2.05) is 36.4 Å². The van der Waals surface area contributed by atoms with Crippen molar-refractivity contribution in [3.63, 3.8) is 0 Å². The molecule has 9 nitrogen and oxygen atoms in total. The molecule has 3 heterocycles. The van der Waals surface area contributed by atoms with Crippen LogP contribution in [0.1, 0.15) is 5.56 Å². The highest BCUT2D eigenvalue weighted by Gasteiger charge is 2.27. The summed E-state index contributed by atoms with van der Waals surface area (Å²) in [7, 11) is -3.33. The van der Waals surface area contributed by atoms with Crippen LogP contribution in [0.25, 0.3) is 5.82 Å². The lowest BCUT2D eigenvalue weighted by Crippen LogP contribution is -2.49. The van der Waals surface area contributed by atoms with Crippen LogP contribution in [0.4, 0.5) is 5.82 Å². The summed E-state index contributed by atoms with van der Waals surface area (Å²) in [6.07, 6.45) is 4.49. The van der Waals surface area contributed by atoms with Crippen molar-refractivity contribution in [1.82, 2.24) is 29.0 Å². The zero-order valence-corrected chi connectivity index (χ0v) is 15.4. The first-order chi connectivity index (χ1) is 13.1. The third kappa shape index (κ3) is 3.96. The molecule has 0 bridgehead atoms. The monoisotopic (exact) mass is 385 g/mol. The highest BCUT2D eigenvalue weighted by atomic mass is 32.2. The fraction of sp³-hybridized carbons (Fsp3) is 0.294. The number of piperazine rings is 1. The zero-order chi connectivity index (χ0) is 18.7. The smallest absolute Gasteiger partial charge is 0.218 e. The van der Waals surface area contributed by atoms with Crippen molar-refractivity contribution in [1.29, 1.82) is 0 Å². The SMILES string of the molecule is O=S(=O)(Cc1ccccc1)N1CCN(c2cc(-n3cncn3)ncn2)CC1. The Morgan fingerprint density at radius 3 is 2.37 bits per heavy atom. The molecule has 0 unspecified atom stereocenters. The number of aromatic nitrogens is 5. The molecule has 1 aromatic carbocycles. The predicted octanol–water partition coefficient (Wildman–Crippen LogP) is 0.709. The van der Waals surface area contributed by atoms with Gasteiger partial charge in [0.15, 0.2) is 5.82 Å². The lowest BCUT2D eigenvalue weighted by Gasteiger charge is -2.34. The van der Waals surface area contributed by atoms with E-state index in [-0.39, 0.29) is 5.75 Å². The summed E-state index contributed by atoms with van der Waals surface area (Å²) in [5.74, 6) is 1.39. The molecule has 0 N–H and O–H groups in total. The molecule has 0 amide bonds. The molecule has 1 fully saturated rings. The van der Waals surface area contributed by atoms with Crippen LogP contribution in [0.5, 0.6) is 0 Å². The molecule has 10 heteroatoms. The topological polar surface area (TPSA) is 97.1 Å². The van der Waals surface area contributed by atoms with Crippen molar-refractivity contribution in [2.24, 2.45) is 0 Å². The third-order valence-electron chi connectivity index (χ3n) is 4.44. The van der Waals surface area contributed by atoms with E-state index in [0.29, 0.717) is 32.0 Å². The molecule has 0 radical (unpaired) electrons. The summed E-state index contributed by atoms with van der Waals surface area (Å²) in [6, 6.07) is 11.1. The molecule has 4 rings (SSSR count). The summed E-state index contributed by atoms with van der Waals surface area (Å²) < 4.78 is 28.5. The summed E-state index contributed by atoms with van der Waals surface area (Å²) in [4.78, 5) is 14.5. The lowest BCUT2D eigenvalue weighted by molar-refractivity contribution is 0.383. The van der Waals surface area contributed by atoms with Gasteiger partial charge in [-0.3, -0.25) is 0 Å². The maximum Gasteiger partial charge on any atom is 0.218 e. The zero-order valence-electron chi connectivity index (χ0n) is 14.6. The molecule has 1 aliphatic heterocycles. The molecule has 0 saturated carbocycles. The maximum absolute atomic E-state index is 12.7. The average Bonchev–Trinajstić information content (AvgIpc) is 3.24. The van der Waals surface area contributed by atoms with Gasteiger partial charge >= 0.3 is 0 Å². The Hall–Kier alpha value is -2.85. The van der Waals surface area contributed by atoms with Crippen LogP contribution >= 0.6 is 0 Å². The molecule has 3 aromatic rings. The number of benzene rings is 1. The molecule has 140 valence electrons. The van der Waals surface area contributed by atoms with Gasteiger partial charge in [0.2, 0.25) is 10.0 Å². The van der Waals surface area contributed by atoms with Crippen LogP contribution in [0.3, 0.4) is 0 Å².